The zero-order chi connectivity index (χ0) is 17.5. The third-order valence-electron chi connectivity index (χ3n) is 4.47. The van der Waals surface area contributed by atoms with E-state index in [0.717, 1.165) is 17.7 Å². The fourth-order valence-corrected chi connectivity index (χ4v) is 2.85. The lowest BCUT2D eigenvalue weighted by Crippen LogP contribution is -2.46. The van der Waals surface area contributed by atoms with E-state index < -0.39 is 24.1 Å². The summed E-state index contributed by atoms with van der Waals surface area (Å²) in [6.45, 7) is 2.69. The number of esters is 1. The van der Waals surface area contributed by atoms with Gasteiger partial charge in [0.05, 0.1) is 0 Å². The van der Waals surface area contributed by atoms with Gasteiger partial charge in [-0.25, -0.2) is 9.59 Å². The van der Waals surface area contributed by atoms with E-state index in [0.29, 0.717) is 5.56 Å². The number of nitrogens with zero attached hydrogens (tertiary/aromatic N) is 1. The van der Waals surface area contributed by atoms with Crippen LogP contribution in [0.2, 0.25) is 0 Å². The van der Waals surface area contributed by atoms with Crippen LogP contribution in [0.25, 0.3) is 0 Å². The van der Waals surface area contributed by atoms with E-state index in [1.807, 2.05) is 0 Å². The molecule has 2 aliphatic rings. The van der Waals surface area contributed by atoms with Crippen LogP contribution in [0.3, 0.4) is 0 Å². The third kappa shape index (κ3) is 2.89. The zero-order valence-corrected chi connectivity index (χ0v) is 13.5. The molecule has 0 spiro atoms. The lowest BCUT2D eigenvalue weighted by atomic mass is 9.96. The Hall–Kier alpha value is -2.70. The molecule has 1 aromatic rings. The molecular formula is C17H18N2O5. The summed E-state index contributed by atoms with van der Waals surface area (Å²) in [5, 5.41) is 2.67. The molecule has 3 amide bonds. The van der Waals surface area contributed by atoms with Crippen molar-refractivity contribution in [2.24, 2.45) is 5.92 Å². The van der Waals surface area contributed by atoms with Crippen molar-refractivity contribution in [2.45, 2.75) is 32.2 Å². The largest absolute Gasteiger partial charge is 0.425 e. The molecule has 7 nitrogen and oxygen atoms in total. The van der Waals surface area contributed by atoms with Gasteiger partial charge >= 0.3 is 12.0 Å². The molecule has 1 heterocycles. The zero-order valence-electron chi connectivity index (χ0n) is 13.5. The van der Waals surface area contributed by atoms with Crippen molar-refractivity contribution in [3.63, 3.8) is 0 Å². The summed E-state index contributed by atoms with van der Waals surface area (Å²) in [6.07, 6.45) is 1.78. The third-order valence-corrected chi connectivity index (χ3v) is 4.47. The van der Waals surface area contributed by atoms with Gasteiger partial charge in [-0.15, -0.1) is 0 Å². The molecule has 24 heavy (non-hydrogen) atoms. The Morgan fingerprint density at radius 1 is 1.25 bits per heavy atom. The first-order valence-electron chi connectivity index (χ1n) is 7.77. The maximum absolute atomic E-state index is 12.4. The van der Waals surface area contributed by atoms with Crippen LogP contribution in [-0.2, 0) is 9.59 Å². The molecule has 1 atom stereocenters. The molecule has 1 aliphatic carbocycles. The second-order valence-corrected chi connectivity index (χ2v) is 6.35. The molecule has 7 heteroatoms. The van der Waals surface area contributed by atoms with Gasteiger partial charge in [-0.2, -0.15) is 0 Å². The minimum atomic E-state index is -0.916. The number of carbonyl (C=O) groups excluding carboxylic acids is 4. The summed E-state index contributed by atoms with van der Waals surface area (Å²) in [5.74, 6) is -0.810. The SMILES string of the molecule is CC(=O)c1ccc(OC(=O)CN2C(=O)N[C@](C)(C3CC3)C2=O)cc1. The lowest BCUT2D eigenvalue weighted by Gasteiger charge is -2.20. The molecule has 0 radical (unpaired) electrons. The monoisotopic (exact) mass is 330 g/mol. The Balaban J connectivity index is 1.63. The number of nitrogens with one attached hydrogen (secondary N) is 1. The van der Waals surface area contributed by atoms with Crippen molar-refractivity contribution < 1.29 is 23.9 Å². The topological polar surface area (TPSA) is 92.8 Å². The van der Waals surface area contributed by atoms with E-state index in [-0.39, 0.29) is 23.4 Å². The molecule has 1 saturated heterocycles. The number of ketones is 1. The van der Waals surface area contributed by atoms with Crippen LogP contribution in [0, 0.1) is 5.92 Å². The number of rotatable bonds is 5. The number of imide groups is 1. The van der Waals surface area contributed by atoms with E-state index >= 15 is 0 Å². The summed E-state index contributed by atoms with van der Waals surface area (Å²) in [6, 6.07) is 5.51. The normalized spacial score (nSPS) is 23.2. The van der Waals surface area contributed by atoms with Gasteiger partial charge in [-0.05, 0) is 56.9 Å². The van der Waals surface area contributed by atoms with Crippen molar-refractivity contribution in [2.75, 3.05) is 6.54 Å². The minimum Gasteiger partial charge on any atom is -0.425 e. The molecule has 2 fully saturated rings. The first-order valence-corrected chi connectivity index (χ1v) is 7.77. The van der Waals surface area contributed by atoms with E-state index in [4.69, 9.17) is 4.74 Å². The molecular weight excluding hydrogens is 312 g/mol. The van der Waals surface area contributed by atoms with Crippen molar-refractivity contribution >= 4 is 23.7 Å². The molecule has 1 aromatic carbocycles. The van der Waals surface area contributed by atoms with E-state index in [9.17, 15) is 19.2 Å². The van der Waals surface area contributed by atoms with Crippen molar-refractivity contribution in [1.29, 1.82) is 0 Å². The van der Waals surface area contributed by atoms with Crippen molar-refractivity contribution in [3.05, 3.63) is 29.8 Å². The summed E-state index contributed by atoms with van der Waals surface area (Å²) < 4.78 is 5.13. The first-order chi connectivity index (χ1) is 11.3. The maximum atomic E-state index is 12.4. The summed E-state index contributed by atoms with van der Waals surface area (Å²) in [4.78, 5) is 48.5. The van der Waals surface area contributed by atoms with Gasteiger partial charge in [-0.3, -0.25) is 14.5 Å². The number of carbonyl (C=O) groups is 4. The highest BCUT2D eigenvalue weighted by Gasteiger charge is 2.56. The quantitative estimate of drug-likeness (QED) is 0.382. The van der Waals surface area contributed by atoms with Gasteiger partial charge < -0.3 is 10.1 Å². The van der Waals surface area contributed by atoms with Gasteiger partial charge in [-0.1, -0.05) is 0 Å². The van der Waals surface area contributed by atoms with Crippen LogP contribution in [0.5, 0.6) is 5.75 Å². The number of benzene rings is 1. The van der Waals surface area contributed by atoms with Gasteiger partial charge in [0.25, 0.3) is 5.91 Å². The summed E-state index contributed by atoms with van der Waals surface area (Å²) >= 11 is 0. The van der Waals surface area contributed by atoms with Gasteiger partial charge in [0, 0.05) is 5.56 Å². The number of hydrogen-bond acceptors (Lipinski definition) is 5. The number of hydrogen-bond donors (Lipinski definition) is 1. The molecule has 1 N–H and O–H groups in total. The minimum absolute atomic E-state index is 0.0911. The smallest absolute Gasteiger partial charge is 0.331 e. The fourth-order valence-electron chi connectivity index (χ4n) is 2.85. The second kappa shape index (κ2) is 5.74. The van der Waals surface area contributed by atoms with Crippen LogP contribution in [0.4, 0.5) is 4.79 Å². The molecule has 0 bridgehead atoms. The van der Waals surface area contributed by atoms with Crippen LogP contribution in [0.1, 0.15) is 37.0 Å². The average Bonchev–Trinajstić information content (AvgIpc) is 3.34. The molecule has 3 rings (SSSR count). The molecule has 0 unspecified atom stereocenters. The number of amides is 3. The highest BCUT2D eigenvalue weighted by molar-refractivity contribution is 6.09. The molecule has 0 aromatic heterocycles. The lowest BCUT2D eigenvalue weighted by molar-refractivity contribution is -0.141. The van der Waals surface area contributed by atoms with Crippen LogP contribution in [0.15, 0.2) is 24.3 Å². The summed E-state index contributed by atoms with van der Waals surface area (Å²) in [7, 11) is 0. The second-order valence-electron chi connectivity index (χ2n) is 6.35. The predicted octanol–water partition coefficient (Wildman–Crippen LogP) is 1.52. The van der Waals surface area contributed by atoms with E-state index in [1.165, 1.54) is 19.1 Å². The molecule has 1 saturated carbocycles. The molecule has 126 valence electrons. The number of ether oxygens (including phenoxy) is 1. The first kappa shape index (κ1) is 16.2. The number of urea groups is 1. The standard InChI is InChI=1S/C17H18N2O5/c1-10(20)11-3-7-13(8-4-11)24-14(21)9-19-15(22)17(2,12-5-6-12)18-16(19)23/h3-4,7-8,12H,5-6,9H2,1-2H3,(H,18,23)/t17-/m1/s1. The van der Waals surface area contributed by atoms with E-state index in [2.05, 4.69) is 5.32 Å². The number of Topliss-reactive ketones (excluding diaryl/α,β-unsaturated/α-hetero) is 1. The molecule has 1 aliphatic heterocycles. The Morgan fingerprint density at radius 2 is 1.88 bits per heavy atom. The van der Waals surface area contributed by atoms with Crippen molar-refractivity contribution in [3.8, 4) is 5.75 Å². The van der Waals surface area contributed by atoms with Crippen LogP contribution in [-0.4, -0.2) is 40.7 Å². The average molecular weight is 330 g/mol. The fraction of sp³-hybridized carbons (Fsp3) is 0.412. The Kier molecular flexibility index (Phi) is 3.87. The van der Waals surface area contributed by atoms with Crippen LogP contribution >= 0.6 is 0 Å². The Labute approximate surface area is 139 Å². The Bertz CT molecular complexity index is 723. The van der Waals surface area contributed by atoms with Crippen LogP contribution < -0.4 is 10.1 Å². The predicted molar refractivity (Wildman–Crippen MR) is 83.5 cm³/mol. The van der Waals surface area contributed by atoms with E-state index in [1.54, 1.807) is 19.1 Å². The Morgan fingerprint density at radius 3 is 2.42 bits per heavy atom. The summed E-state index contributed by atoms with van der Waals surface area (Å²) in [5.41, 5.74) is -0.412. The highest BCUT2D eigenvalue weighted by Crippen LogP contribution is 2.42. The maximum Gasteiger partial charge on any atom is 0.331 e. The highest BCUT2D eigenvalue weighted by atomic mass is 16.5. The van der Waals surface area contributed by atoms with Gasteiger partial charge in [0.15, 0.2) is 5.78 Å². The van der Waals surface area contributed by atoms with Crippen molar-refractivity contribution in [1.82, 2.24) is 10.2 Å². The van der Waals surface area contributed by atoms with Gasteiger partial charge in [0.1, 0.15) is 17.8 Å². The van der Waals surface area contributed by atoms with Gasteiger partial charge in [0.2, 0.25) is 0 Å².